The average Bonchev–Trinajstić information content (AvgIpc) is 2.39. The largest absolute Gasteiger partial charge is 0.385 e. The zero-order valence-electron chi connectivity index (χ0n) is 11.7. The quantitative estimate of drug-likeness (QED) is 0.846. The van der Waals surface area contributed by atoms with Gasteiger partial charge in [-0.1, -0.05) is 0 Å². The Morgan fingerprint density at radius 2 is 2.25 bits per heavy atom. The highest BCUT2D eigenvalue weighted by atomic mass is 32.2. The third kappa shape index (κ3) is 3.37. The monoisotopic (exact) mass is 301 g/mol. The molecule has 1 aromatic carbocycles. The number of sulfone groups is 1. The van der Waals surface area contributed by atoms with Crippen LogP contribution in [0.15, 0.2) is 23.1 Å². The number of nitrogens with one attached hydrogen (secondary N) is 1. The summed E-state index contributed by atoms with van der Waals surface area (Å²) in [5, 5.41) is 3.36. The van der Waals surface area contributed by atoms with E-state index < -0.39 is 15.7 Å². The van der Waals surface area contributed by atoms with E-state index in [1.54, 1.807) is 7.11 Å². The lowest BCUT2D eigenvalue weighted by molar-refractivity contribution is 0.182. The Balaban J connectivity index is 2.23. The minimum Gasteiger partial charge on any atom is -0.385 e. The van der Waals surface area contributed by atoms with Crippen LogP contribution in [0.3, 0.4) is 0 Å². The highest BCUT2D eigenvalue weighted by Crippen LogP contribution is 2.33. The SMILES string of the molecule is COCCC(C)NC1CCS(=O)(=O)c2ccc(F)cc21. The van der Waals surface area contributed by atoms with Crippen LogP contribution >= 0.6 is 0 Å². The third-order valence-corrected chi connectivity index (χ3v) is 5.41. The fraction of sp³-hybridized carbons (Fsp3) is 0.571. The van der Waals surface area contributed by atoms with Crippen LogP contribution in [0.2, 0.25) is 0 Å². The summed E-state index contributed by atoms with van der Waals surface area (Å²) < 4.78 is 42.5. The molecule has 2 atom stereocenters. The minimum absolute atomic E-state index is 0.0975. The number of ether oxygens (including phenoxy) is 1. The number of benzene rings is 1. The maximum absolute atomic E-state index is 13.4. The number of rotatable bonds is 5. The first kappa shape index (κ1) is 15.4. The van der Waals surface area contributed by atoms with Crippen LogP contribution in [0.5, 0.6) is 0 Å². The molecular weight excluding hydrogens is 281 g/mol. The van der Waals surface area contributed by atoms with Crippen molar-refractivity contribution in [2.45, 2.75) is 36.7 Å². The third-order valence-electron chi connectivity index (χ3n) is 3.60. The van der Waals surface area contributed by atoms with Crippen molar-refractivity contribution in [3.63, 3.8) is 0 Å². The molecule has 4 nitrogen and oxygen atoms in total. The van der Waals surface area contributed by atoms with Gasteiger partial charge in [-0.2, -0.15) is 0 Å². The molecule has 112 valence electrons. The summed E-state index contributed by atoms with van der Waals surface area (Å²) >= 11 is 0. The number of fused-ring (bicyclic) bond motifs is 1. The van der Waals surface area contributed by atoms with E-state index >= 15 is 0 Å². The van der Waals surface area contributed by atoms with Crippen molar-refractivity contribution in [3.8, 4) is 0 Å². The zero-order chi connectivity index (χ0) is 14.8. The van der Waals surface area contributed by atoms with Gasteiger partial charge in [0.25, 0.3) is 0 Å². The van der Waals surface area contributed by atoms with Crippen molar-refractivity contribution >= 4 is 9.84 Å². The Morgan fingerprint density at radius 1 is 1.50 bits per heavy atom. The Hall–Kier alpha value is -0.980. The molecule has 0 spiro atoms. The molecule has 0 amide bonds. The maximum atomic E-state index is 13.4. The van der Waals surface area contributed by atoms with Gasteiger partial charge in [0.05, 0.1) is 10.6 Å². The van der Waals surface area contributed by atoms with Crippen LogP contribution < -0.4 is 5.32 Å². The molecule has 1 heterocycles. The summed E-state index contributed by atoms with van der Waals surface area (Å²) in [6.45, 7) is 2.65. The van der Waals surface area contributed by atoms with Crippen molar-refractivity contribution in [1.82, 2.24) is 5.32 Å². The van der Waals surface area contributed by atoms with E-state index in [2.05, 4.69) is 5.32 Å². The van der Waals surface area contributed by atoms with Crippen molar-refractivity contribution in [3.05, 3.63) is 29.6 Å². The van der Waals surface area contributed by atoms with E-state index in [1.165, 1.54) is 18.2 Å². The molecule has 2 unspecified atom stereocenters. The lowest BCUT2D eigenvalue weighted by Gasteiger charge is -2.29. The second-order valence-corrected chi connectivity index (χ2v) is 7.27. The summed E-state index contributed by atoms with van der Waals surface area (Å²) in [6.07, 6.45) is 1.29. The van der Waals surface area contributed by atoms with E-state index in [0.29, 0.717) is 18.6 Å². The summed E-state index contributed by atoms with van der Waals surface area (Å²) in [5.41, 5.74) is 0.542. The maximum Gasteiger partial charge on any atom is 0.178 e. The molecule has 0 aromatic heterocycles. The average molecular weight is 301 g/mol. The second-order valence-electron chi connectivity index (χ2n) is 5.19. The van der Waals surface area contributed by atoms with Crippen LogP contribution in [0.4, 0.5) is 4.39 Å². The first-order chi connectivity index (χ1) is 9.44. The fourth-order valence-corrected chi connectivity index (χ4v) is 4.11. The van der Waals surface area contributed by atoms with Crippen LogP contribution in [0.25, 0.3) is 0 Å². The zero-order valence-corrected chi connectivity index (χ0v) is 12.5. The molecule has 2 rings (SSSR count). The van der Waals surface area contributed by atoms with E-state index in [4.69, 9.17) is 4.74 Å². The molecule has 6 heteroatoms. The number of hydrogen-bond acceptors (Lipinski definition) is 4. The summed E-state index contributed by atoms with van der Waals surface area (Å²) in [5.74, 6) is -0.308. The molecule has 0 radical (unpaired) electrons. The molecule has 0 aliphatic carbocycles. The number of halogens is 1. The van der Waals surface area contributed by atoms with Gasteiger partial charge in [-0.05, 0) is 43.5 Å². The van der Waals surface area contributed by atoms with Crippen LogP contribution in [0.1, 0.15) is 31.4 Å². The highest BCUT2D eigenvalue weighted by Gasteiger charge is 2.31. The van der Waals surface area contributed by atoms with Gasteiger partial charge in [-0.25, -0.2) is 12.8 Å². The highest BCUT2D eigenvalue weighted by molar-refractivity contribution is 7.91. The lowest BCUT2D eigenvalue weighted by atomic mass is 10.0. The van der Waals surface area contributed by atoms with Gasteiger partial charge in [0, 0.05) is 25.8 Å². The molecular formula is C14H20FNO3S. The summed E-state index contributed by atoms with van der Waals surface area (Å²) in [4.78, 5) is 0.251. The topological polar surface area (TPSA) is 55.4 Å². The van der Waals surface area contributed by atoms with E-state index in [1.807, 2.05) is 6.92 Å². The van der Waals surface area contributed by atoms with Crippen LogP contribution in [-0.2, 0) is 14.6 Å². The standard InChI is InChI=1S/C14H20FNO3S/c1-10(5-7-19-2)16-13-6-8-20(17,18)14-4-3-11(15)9-12(13)14/h3-4,9-10,13,16H,5-8H2,1-2H3. The molecule has 1 aliphatic heterocycles. The van der Waals surface area contributed by atoms with Crippen LogP contribution in [0, 0.1) is 5.82 Å². The summed E-state index contributed by atoms with van der Waals surface area (Å²) in [7, 11) is -1.63. The van der Waals surface area contributed by atoms with Crippen molar-refractivity contribution < 1.29 is 17.5 Å². The van der Waals surface area contributed by atoms with Crippen LogP contribution in [-0.4, -0.2) is 33.9 Å². The van der Waals surface area contributed by atoms with Gasteiger partial charge in [0.2, 0.25) is 0 Å². The normalized spacial score (nSPS) is 22.2. The predicted molar refractivity (Wildman–Crippen MR) is 74.9 cm³/mol. The molecule has 0 bridgehead atoms. The fourth-order valence-electron chi connectivity index (χ4n) is 2.51. The first-order valence-corrected chi connectivity index (χ1v) is 8.36. The molecule has 20 heavy (non-hydrogen) atoms. The lowest BCUT2D eigenvalue weighted by Crippen LogP contribution is -2.35. The smallest absolute Gasteiger partial charge is 0.178 e. The molecule has 1 aromatic rings. The van der Waals surface area contributed by atoms with Gasteiger partial charge >= 0.3 is 0 Å². The van der Waals surface area contributed by atoms with Gasteiger partial charge < -0.3 is 10.1 Å². The van der Waals surface area contributed by atoms with Gasteiger partial charge in [0.15, 0.2) is 9.84 Å². The minimum atomic E-state index is -3.28. The van der Waals surface area contributed by atoms with Crippen molar-refractivity contribution in [1.29, 1.82) is 0 Å². The van der Waals surface area contributed by atoms with Crippen molar-refractivity contribution in [2.24, 2.45) is 0 Å². The Bertz CT molecular complexity index is 574. The number of methoxy groups -OCH3 is 1. The van der Waals surface area contributed by atoms with E-state index in [-0.39, 0.29) is 22.7 Å². The van der Waals surface area contributed by atoms with Gasteiger partial charge in [-0.15, -0.1) is 0 Å². The summed E-state index contributed by atoms with van der Waals surface area (Å²) in [6, 6.07) is 3.95. The van der Waals surface area contributed by atoms with E-state index in [9.17, 15) is 12.8 Å². The molecule has 0 fully saturated rings. The Labute approximate surface area is 119 Å². The van der Waals surface area contributed by atoms with Gasteiger partial charge in [0.1, 0.15) is 5.82 Å². The van der Waals surface area contributed by atoms with E-state index in [0.717, 1.165) is 6.42 Å². The Kier molecular flexibility index (Phi) is 4.78. The Morgan fingerprint density at radius 3 is 2.95 bits per heavy atom. The molecule has 0 saturated carbocycles. The molecule has 1 N–H and O–H groups in total. The number of hydrogen-bond donors (Lipinski definition) is 1. The molecule has 0 saturated heterocycles. The second kappa shape index (κ2) is 6.20. The first-order valence-electron chi connectivity index (χ1n) is 6.71. The molecule has 1 aliphatic rings. The van der Waals surface area contributed by atoms with Crippen molar-refractivity contribution in [2.75, 3.05) is 19.5 Å². The predicted octanol–water partition coefficient (Wildman–Crippen LogP) is 2.06. The van der Waals surface area contributed by atoms with Gasteiger partial charge in [-0.3, -0.25) is 0 Å².